The number of ether oxygens (including phenoxy) is 2. The molecule has 0 radical (unpaired) electrons. The van der Waals surface area contributed by atoms with Crippen LogP contribution in [0.5, 0.6) is 11.5 Å². The number of hydrogen-bond donors (Lipinski definition) is 1. The van der Waals surface area contributed by atoms with Crippen LogP contribution >= 0.6 is 0 Å². The lowest BCUT2D eigenvalue weighted by Gasteiger charge is -2.31. The molecule has 1 saturated heterocycles. The summed E-state index contributed by atoms with van der Waals surface area (Å²) >= 11 is 0. The van der Waals surface area contributed by atoms with Crippen molar-refractivity contribution in [3.05, 3.63) is 28.3 Å². The molecule has 24 heavy (non-hydrogen) atoms. The van der Waals surface area contributed by atoms with Crippen molar-refractivity contribution < 1.29 is 14.3 Å². The lowest BCUT2D eigenvalue weighted by Crippen LogP contribution is -2.48. The molecular weight excluding hydrogens is 312 g/mol. The number of carbonyl (C=O) groups excluding carboxylic acids is 1. The van der Waals surface area contributed by atoms with E-state index in [2.05, 4.69) is 14.9 Å². The number of H-pyrrole nitrogens is 1. The molecule has 1 aliphatic rings. The first-order chi connectivity index (χ1) is 11.5. The van der Waals surface area contributed by atoms with E-state index in [9.17, 15) is 9.59 Å². The Kier molecular flexibility index (Phi) is 4.39. The van der Waals surface area contributed by atoms with Crippen molar-refractivity contribution in [3.63, 3.8) is 0 Å². The second-order valence-corrected chi connectivity index (χ2v) is 5.83. The second-order valence-electron chi connectivity index (χ2n) is 5.83. The number of amides is 1. The third kappa shape index (κ3) is 3.18. The lowest BCUT2D eigenvalue weighted by molar-refractivity contribution is 0.119. The Morgan fingerprint density at radius 3 is 2.58 bits per heavy atom. The van der Waals surface area contributed by atoms with Crippen LogP contribution in [0.1, 0.15) is 5.82 Å². The summed E-state index contributed by atoms with van der Waals surface area (Å²) in [6.07, 6.45) is -0.447. The quantitative estimate of drug-likeness (QED) is 0.882. The maximum atomic E-state index is 12.3. The third-order valence-corrected chi connectivity index (χ3v) is 4.07. The fourth-order valence-electron chi connectivity index (χ4n) is 2.65. The van der Waals surface area contributed by atoms with Crippen LogP contribution in [0.25, 0.3) is 10.9 Å². The maximum Gasteiger partial charge on any atom is 0.415 e. The summed E-state index contributed by atoms with van der Waals surface area (Å²) in [5.41, 5.74) is 0.213. The highest BCUT2D eigenvalue weighted by atomic mass is 16.6. The number of aromatic amines is 1. The molecular formula is C16H20N4O4. The van der Waals surface area contributed by atoms with Gasteiger partial charge >= 0.3 is 6.09 Å². The number of aromatic nitrogens is 2. The number of benzene rings is 1. The number of carbonyl (C=O) groups is 1. The third-order valence-electron chi connectivity index (χ3n) is 4.07. The summed E-state index contributed by atoms with van der Waals surface area (Å²) in [7, 11) is 3.49. The molecule has 0 saturated carbocycles. The number of piperazine rings is 1. The summed E-state index contributed by atoms with van der Waals surface area (Å²) in [4.78, 5) is 35.1. The Hall–Kier alpha value is -2.61. The van der Waals surface area contributed by atoms with Gasteiger partial charge in [0.25, 0.3) is 5.56 Å². The van der Waals surface area contributed by atoms with E-state index in [1.54, 1.807) is 17.9 Å². The number of likely N-dealkylation sites (N-methyl/N-ethyl adjacent to an activating group) is 1. The molecule has 3 rings (SSSR count). The number of nitrogens with zero attached hydrogens (tertiary/aromatic N) is 3. The zero-order valence-electron chi connectivity index (χ0n) is 14.0. The van der Waals surface area contributed by atoms with Gasteiger partial charge in [-0.15, -0.1) is 0 Å². The van der Waals surface area contributed by atoms with E-state index >= 15 is 0 Å². The van der Waals surface area contributed by atoms with E-state index in [-0.39, 0.29) is 11.3 Å². The summed E-state index contributed by atoms with van der Waals surface area (Å²) in [5, 5.41) is 0.350. The van der Waals surface area contributed by atoms with Crippen molar-refractivity contribution in [2.75, 3.05) is 40.3 Å². The van der Waals surface area contributed by atoms with Crippen LogP contribution in [0.15, 0.2) is 16.9 Å². The van der Waals surface area contributed by atoms with Crippen molar-refractivity contribution >= 4 is 17.0 Å². The van der Waals surface area contributed by atoms with E-state index in [1.807, 2.05) is 7.05 Å². The summed E-state index contributed by atoms with van der Waals surface area (Å²) in [5.74, 6) is 1.09. The Labute approximate surface area is 139 Å². The van der Waals surface area contributed by atoms with Crippen LogP contribution in [-0.4, -0.2) is 66.2 Å². The van der Waals surface area contributed by atoms with Gasteiger partial charge in [-0.3, -0.25) is 4.79 Å². The SMILES string of the molecule is COc1cc2nc(C)[nH]c(=O)c2cc1OC(=O)N1CCN(C)CC1. The van der Waals surface area contributed by atoms with Gasteiger partial charge in [0.15, 0.2) is 11.5 Å². The van der Waals surface area contributed by atoms with E-state index in [0.29, 0.717) is 35.6 Å². The summed E-state index contributed by atoms with van der Waals surface area (Å²) < 4.78 is 10.7. The van der Waals surface area contributed by atoms with Gasteiger partial charge in [0.1, 0.15) is 5.82 Å². The Bertz CT molecular complexity index is 825. The highest BCUT2D eigenvalue weighted by molar-refractivity contribution is 5.83. The first-order valence-corrected chi connectivity index (χ1v) is 7.72. The average Bonchev–Trinajstić information content (AvgIpc) is 2.55. The standard InChI is InChI=1S/C16H20N4O4/c1-10-17-12-9-13(23-3)14(8-11(12)15(21)18-10)24-16(22)20-6-4-19(2)5-7-20/h8-9H,4-7H2,1-3H3,(H,17,18,21). The van der Waals surface area contributed by atoms with Crippen molar-refractivity contribution in [1.82, 2.24) is 19.8 Å². The Morgan fingerprint density at radius 2 is 1.92 bits per heavy atom. The molecule has 0 spiro atoms. The minimum absolute atomic E-state index is 0.213. The van der Waals surface area contributed by atoms with Crippen LogP contribution in [-0.2, 0) is 0 Å². The fraction of sp³-hybridized carbons (Fsp3) is 0.438. The molecule has 0 unspecified atom stereocenters. The molecule has 8 heteroatoms. The fourth-order valence-corrected chi connectivity index (χ4v) is 2.65. The van der Waals surface area contributed by atoms with Gasteiger partial charge in [0, 0.05) is 32.2 Å². The zero-order chi connectivity index (χ0) is 17.3. The average molecular weight is 332 g/mol. The minimum atomic E-state index is -0.447. The molecule has 0 bridgehead atoms. The predicted octanol–water partition coefficient (Wildman–Crippen LogP) is 0.986. The highest BCUT2D eigenvalue weighted by Crippen LogP contribution is 2.31. The molecule has 1 aliphatic heterocycles. The normalized spacial score (nSPS) is 15.5. The van der Waals surface area contributed by atoms with Crippen LogP contribution < -0.4 is 15.0 Å². The molecule has 1 aromatic heterocycles. The maximum absolute atomic E-state index is 12.3. The van der Waals surface area contributed by atoms with Gasteiger partial charge in [-0.05, 0) is 20.0 Å². The Morgan fingerprint density at radius 1 is 1.21 bits per heavy atom. The van der Waals surface area contributed by atoms with E-state index in [1.165, 1.54) is 13.2 Å². The van der Waals surface area contributed by atoms with Crippen LogP contribution in [0.3, 0.4) is 0 Å². The smallest absolute Gasteiger partial charge is 0.415 e. The van der Waals surface area contributed by atoms with Gasteiger partial charge < -0.3 is 24.3 Å². The van der Waals surface area contributed by atoms with Gasteiger partial charge in [-0.2, -0.15) is 0 Å². The van der Waals surface area contributed by atoms with E-state index in [0.717, 1.165) is 13.1 Å². The molecule has 1 N–H and O–H groups in total. The molecule has 0 aliphatic carbocycles. The molecule has 2 heterocycles. The number of rotatable bonds is 2. The summed E-state index contributed by atoms with van der Waals surface area (Å²) in [6.45, 7) is 4.51. The van der Waals surface area contributed by atoms with Crippen molar-refractivity contribution in [2.45, 2.75) is 6.92 Å². The predicted molar refractivity (Wildman–Crippen MR) is 88.7 cm³/mol. The number of nitrogens with one attached hydrogen (secondary N) is 1. The number of aryl methyl sites for hydroxylation is 1. The largest absolute Gasteiger partial charge is 0.493 e. The summed E-state index contributed by atoms with van der Waals surface area (Å²) in [6, 6.07) is 3.09. The Balaban J connectivity index is 1.90. The van der Waals surface area contributed by atoms with Crippen molar-refractivity contribution in [1.29, 1.82) is 0 Å². The second kappa shape index (κ2) is 6.48. The molecule has 0 atom stereocenters. The molecule has 1 fully saturated rings. The molecule has 1 amide bonds. The lowest BCUT2D eigenvalue weighted by atomic mass is 10.2. The van der Waals surface area contributed by atoms with Gasteiger partial charge in [-0.1, -0.05) is 0 Å². The number of hydrogen-bond acceptors (Lipinski definition) is 6. The minimum Gasteiger partial charge on any atom is -0.493 e. The molecule has 1 aromatic carbocycles. The van der Waals surface area contributed by atoms with Crippen LogP contribution in [0.2, 0.25) is 0 Å². The molecule has 128 valence electrons. The van der Waals surface area contributed by atoms with Gasteiger partial charge in [-0.25, -0.2) is 9.78 Å². The van der Waals surface area contributed by atoms with Crippen molar-refractivity contribution in [2.24, 2.45) is 0 Å². The van der Waals surface area contributed by atoms with E-state index < -0.39 is 6.09 Å². The van der Waals surface area contributed by atoms with Gasteiger partial charge in [0.2, 0.25) is 0 Å². The molecule has 2 aromatic rings. The van der Waals surface area contributed by atoms with Crippen LogP contribution in [0.4, 0.5) is 4.79 Å². The number of fused-ring (bicyclic) bond motifs is 1. The van der Waals surface area contributed by atoms with E-state index in [4.69, 9.17) is 9.47 Å². The zero-order valence-corrected chi connectivity index (χ0v) is 14.0. The first kappa shape index (κ1) is 16.3. The van der Waals surface area contributed by atoms with Gasteiger partial charge in [0.05, 0.1) is 18.0 Å². The highest BCUT2D eigenvalue weighted by Gasteiger charge is 2.22. The van der Waals surface area contributed by atoms with Crippen LogP contribution in [0, 0.1) is 6.92 Å². The molecule has 8 nitrogen and oxygen atoms in total. The van der Waals surface area contributed by atoms with Crippen molar-refractivity contribution in [3.8, 4) is 11.5 Å². The monoisotopic (exact) mass is 332 g/mol. The first-order valence-electron chi connectivity index (χ1n) is 7.72. The topological polar surface area (TPSA) is 87.8 Å². The number of methoxy groups -OCH3 is 1.